The van der Waals surface area contributed by atoms with Gasteiger partial charge in [-0.1, -0.05) is 18.2 Å². The second-order valence-corrected chi connectivity index (χ2v) is 6.44. The number of ether oxygens (including phenoxy) is 1. The van der Waals surface area contributed by atoms with Crippen LogP contribution in [0.5, 0.6) is 5.75 Å². The zero-order valence-corrected chi connectivity index (χ0v) is 12.8. The summed E-state index contributed by atoms with van der Waals surface area (Å²) in [6.45, 7) is 4.08. The van der Waals surface area contributed by atoms with Gasteiger partial charge in [-0.15, -0.1) is 0 Å². The average molecular weight is 304 g/mol. The van der Waals surface area contributed by atoms with Crippen LogP contribution in [0.15, 0.2) is 30.3 Å². The molecule has 1 aromatic rings. The molecule has 0 bridgehead atoms. The van der Waals surface area contributed by atoms with Crippen LogP contribution in [0.25, 0.3) is 0 Å². The SMILES string of the molecule is O=C(O)C1CC2(CCNCC2)CN1CCOc1ccccc1. The summed E-state index contributed by atoms with van der Waals surface area (Å²) in [6.07, 6.45) is 2.93. The van der Waals surface area contributed by atoms with Crippen molar-refractivity contribution in [3.8, 4) is 5.75 Å². The third-order valence-corrected chi connectivity index (χ3v) is 4.95. The Morgan fingerprint density at radius 3 is 2.73 bits per heavy atom. The van der Waals surface area contributed by atoms with Crippen molar-refractivity contribution in [2.24, 2.45) is 5.41 Å². The molecule has 5 nitrogen and oxygen atoms in total. The van der Waals surface area contributed by atoms with Crippen LogP contribution in [0.1, 0.15) is 19.3 Å². The van der Waals surface area contributed by atoms with Gasteiger partial charge < -0.3 is 15.2 Å². The van der Waals surface area contributed by atoms with Crippen molar-refractivity contribution in [2.45, 2.75) is 25.3 Å². The second kappa shape index (κ2) is 6.67. The van der Waals surface area contributed by atoms with Gasteiger partial charge in [0.15, 0.2) is 0 Å². The molecule has 3 rings (SSSR count). The minimum absolute atomic E-state index is 0.182. The lowest BCUT2D eigenvalue weighted by atomic mass is 9.77. The van der Waals surface area contributed by atoms with Crippen LogP contribution in [0.4, 0.5) is 0 Å². The lowest BCUT2D eigenvalue weighted by Gasteiger charge is -2.33. The zero-order chi connectivity index (χ0) is 15.4. The fraction of sp³-hybridized carbons (Fsp3) is 0.588. The van der Waals surface area contributed by atoms with Crippen molar-refractivity contribution >= 4 is 5.97 Å². The Kier molecular flexibility index (Phi) is 4.64. The van der Waals surface area contributed by atoms with Crippen LogP contribution in [0.2, 0.25) is 0 Å². The third kappa shape index (κ3) is 3.42. The fourth-order valence-corrected chi connectivity index (χ4v) is 3.74. The minimum Gasteiger partial charge on any atom is -0.492 e. The topological polar surface area (TPSA) is 61.8 Å². The number of carbonyl (C=O) groups is 1. The number of rotatable bonds is 5. The van der Waals surface area contributed by atoms with Crippen molar-refractivity contribution in [1.82, 2.24) is 10.2 Å². The van der Waals surface area contributed by atoms with Crippen LogP contribution in [0.3, 0.4) is 0 Å². The first-order chi connectivity index (χ1) is 10.7. The molecular weight excluding hydrogens is 280 g/mol. The van der Waals surface area contributed by atoms with Crippen molar-refractivity contribution in [3.63, 3.8) is 0 Å². The number of piperidine rings is 1. The van der Waals surface area contributed by atoms with Gasteiger partial charge in [0.05, 0.1) is 0 Å². The molecule has 0 aliphatic carbocycles. The lowest BCUT2D eigenvalue weighted by Crippen LogP contribution is -2.40. The number of nitrogens with zero attached hydrogens (tertiary/aromatic N) is 1. The van der Waals surface area contributed by atoms with E-state index in [1.807, 2.05) is 30.3 Å². The summed E-state index contributed by atoms with van der Waals surface area (Å²) in [7, 11) is 0. The largest absolute Gasteiger partial charge is 0.492 e. The highest BCUT2D eigenvalue weighted by atomic mass is 16.5. The lowest BCUT2D eigenvalue weighted by molar-refractivity contribution is -0.142. The molecule has 120 valence electrons. The third-order valence-electron chi connectivity index (χ3n) is 4.95. The maximum absolute atomic E-state index is 11.6. The summed E-state index contributed by atoms with van der Waals surface area (Å²) in [4.78, 5) is 13.7. The van der Waals surface area contributed by atoms with Gasteiger partial charge in [0.1, 0.15) is 18.4 Å². The predicted molar refractivity (Wildman–Crippen MR) is 84.1 cm³/mol. The Balaban J connectivity index is 1.57. The first-order valence-corrected chi connectivity index (χ1v) is 8.04. The number of carboxylic acids is 1. The maximum Gasteiger partial charge on any atom is 0.320 e. The van der Waals surface area contributed by atoms with Gasteiger partial charge in [-0.2, -0.15) is 0 Å². The first kappa shape index (κ1) is 15.3. The molecular formula is C17H24N2O3. The molecule has 2 heterocycles. The highest BCUT2D eigenvalue weighted by molar-refractivity contribution is 5.74. The number of aliphatic carboxylic acids is 1. The highest BCUT2D eigenvalue weighted by Crippen LogP contribution is 2.41. The van der Waals surface area contributed by atoms with Crippen LogP contribution < -0.4 is 10.1 Å². The summed E-state index contributed by atoms with van der Waals surface area (Å²) < 4.78 is 5.72. The van der Waals surface area contributed by atoms with E-state index in [0.29, 0.717) is 13.2 Å². The molecule has 5 heteroatoms. The second-order valence-electron chi connectivity index (χ2n) is 6.44. The normalized spacial score (nSPS) is 24.5. The van der Waals surface area contributed by atoms with Gasteiger partial charge in [-0.3, -0.25) is 9.69 Å². The summed E-state index contributed by atoms with van der Waals surface area (Å²) in [5, 5.41) is 12.9. The van der Waals surface area contributed by atoms with Gasteiger partial charge in [0.25, 0.3) is 0 Å². The van der Waals surface area contributed by atoms with Gasteiger partial charge in [0.2, 0.25) is 0 Å². The van der Waals surface area contributed by atoms with Crippen molar-refractivity contribution in [1.29, 1.82) is 0 Å². The summed E-state index contributed by atoms with van der Waals surface area (Å²) >= 11 is 0. The maximum atomic E-state index is 11.6. The molecule has 2 fully saturated rings. The molecule has 2 aliphatic heterocycles. The monoisotopic (exact) mass is 304 g/mol. The van der Waals surface area contributed by atoms with Gasteiger partial charge >= 0.3 is 5.97 Å². The molecule has 2 N–H and O–H groups in total. The molecule has 1 unspecified atom stereocenters. The Morgan fingerprint density at radius 1 is 1.32 bits per heavy atom. The molecule has 1 atom stereocenters. The summed E-state index contributed by atoms with van der Waals surface area (Å²) in [5.41, 5.74) is 0.182. The molecule has 0 saturated carbocycles. The van der Waals surface area contributed by atoms with E-state index in [-0.39, 0.29) is 11.5 Å². The minimum atomic E-state index is -0.699. The standard InChI is InChI=1S/C17H24N2O3/c20-16(21)15-12-17(6-8-18-9-7-17)13-19(15)10-11-22-14-4-2-1-3-5-14/h1-5,15,18H,6-13H2,(H,20,21). The van der Waals surface area contributed by atoms with Gasteiger partial charge in [-0.25, -0.2) is 0 Å². The van der Waals surface area contributed by atoms with Crippen LogP contribution >= 0.6 is 0 Å². The Labute approximate surface area is 131 Å². The summed E-state index contributed by atoms with van der Waals surface area (Å²) in [6, 6.07) is 9.32. The number of para-hydroxylation sites is 1. The number of benzene rings is 1. The smallest absolute Gasteiger partial charge is 0.320 e. The van der Waals surface area contributed by atoms with Crippen LogP contribution in [0, 0.1) is 5.41 Å². The number of hydrogen-bond acceptors (Lipinski definition) is 4. The number of carboxylic acid groups (broad SMARTS) is 1. The Hall–Kier alpha value is -1.59. The molecule has 1 aromatic carbocycles. The predicted octanol–water partition coefficient (Wildman–Crippen LogP) is 1.59. The Morgan fingerprint density at radius 2 is 2.05 bits per heavy atom. The first-order valence-electron chi connectivity index (χ1n) is 8.04. The molecule has 2 saturated heterocycles. The van der Waals surface area contributed by atoms with Crippen LogP contribution in [-0.4, -0.2) is 54.8 Å². The van der Waals surface area contributed by atoms with Crippen molar-refractivity contribution in [2.75, 3.05) is 32.8 Å². The number of hydrogen-bond donors (Lipinski definition) is 2. The molecule has 0 radical (unpaired) electrons. The zero-order valence-electron chi connectivity index (χ0n) is 12.8. The van der Waals surface area contributed by atoms with Crippen molar-refractivity contribution in [3.05, 3.63) is 30.3 Å². The van der Waals surface area contributed by atoms with Gasteiger partial charge in [-0.05, 0) is 49.9 Å². The highest BCUT2D eigenvalue weighted by Gasteiger charge is 2.46. The molecule has 0 aromatic heterocycles. The van der Waals surface area contributed by atoms with E-state index in [4.69, 9.17) is 4.74 Å². The average Bonchev–Trinajstić information content (AvgIpc) is 2.88. The van der Waals surface area contributed by atoms with E-state index < -0.39 is 5.97 Å². The van der Waals surface area contributed by atoms with E-state index in [2.05, 4.69) is 10.2 Å². The molecule has 1 spiro atoms. The molecule has 0 amide bonds. The van der Waals surface area contributed by atoms with E-state index in [9.17, 15) is 9.90 Å². The van der Waals surface area contributed by atoms with E-state index in [1.54, 1.807) is 0 Å². The van der Waals surface area contributed by atoms with E-state index in [1.165, 1.54) is 0 Å². The summed E-state index contributed by atoms with van der Waals surface area (Å²) in [5.74, 6) is 0.139. The van der Waals surface area contributed by atoms with Crippen molar-refractivity contribution < 1.29 is 14.6 Å². The fourth-order valence-electron chi connectivity index (χ4n) is 3.74. The number of nitrogens with one attached hydrogen (secondary N) is 1. The van der Waals surface area contributed by atoms with Crippen LogP contribution in [-0.2, 0) is 4.79 Å². The molecule has 2 aliphatic rings. The van der Waals surface area contributed by atoms with E-state index >= 15 is 0 Å². The Bertz CT molecular complexity index is 500. The molecule has 22 heavy (non-hydrogen) atoms. The van der Waals surface area contributed by atoms with E-state index in [0.717, 1.165) is 44.6 Å². The quantitative estimate of drug-likeness (QED) is 0.865. The van der Waals surface area contributed by atoms with Gasteiger partial charge in [0, 0.05) is 13.1 Å². The number of likely N-dealkylation sites (tertiary alicyclic amines) is 1.